The van der Waals surface area contributed by atoms with Crippen molar-refractivity contribution in [3.8, 4) is 16.9 Å². The van der Waals surface area contributed by atoms with E-state index in [0.29, 0.717) is 29.1 Å². The van der Waals surface area contributed by atoms with Crippen LogP contribution >= 0.6 is 11.6 Å². The maximum absolute atomic E-state index is 13.7. The van der Waals surface area contributed by atoms with Gasteiger partial charge in [-0.3, -0.25) is 14.4 Å². The number of hydrogen-bond donors (Lipinski definition) is 7. The lowest BCUT2D eigenvalue weighted by Crippen LogP contribution is -2.57. The normalized spacial score (nSPS) is 20.4. The van der Waals surface area contributed by atoms with Crippen LogP contribution in [0, 0.1) is 0 Å². The Bertz CT molecular complexity index is 1200. The smallest absolute Gasteiger partial charge is 0.245 e. The third-order valence-corrected chi connectivity index (χ3v) is 7.22. The number of aliphatic hydroxyl groups excluding tert-OH is 1. The molecule has 0 saturated carbocycles. The summed E-state index contributed by atoms with van der Waals surface area (Å²) in [6.45, 7) is -0.0305. The van der Waals surface area contributed by atoms with Gasteiger partial charge < -0.3 is 42.9 Å². The molecule has 4 atom stereocenters. The number of nitrogens with two attached hydrogens (primary N) is 3. The SMILES string of the molecule is C.CN1C(=O)[C@H](CCCN)NC(=O)[C@@H](N)Cc2cc(ccc2O)-c2ccc(Cl)c(c2)C[C@H]1C(=O)NC[C@H](N)CO. The number of aliphatic hydroxyl groups is 1. The number of nitrogens with one attached hydrogen (secondary N) is 2. The van der Waals surface area contributed by atoms with E-state index in [0.717, 1.165) is 11.1 Å². The summed E-state index contributed by atoms with van der Waals surface area (Å²) in [7, 11) is 1.48. The van der Waals surface area contributed by atoms with E-state index in [1.54, 1.807) is 24.3 Å². The maximum Gasteiger partial charge on any atom is 0.245 e. The Morgan fingerprint density at radius 3 is 2.48 bits per heavy atom. The molecule has 0 spiro atoms. The van der Waals surface area contributed by atoms with Crippen LogP contribution < -0.4 is 27.8 Å². The summed E-state index contributed by atoms with van der Waals surface area (Å²) >= 11 is 6.54. The number of hydrogen-bond acceptors (Lipinski definition) is 8. The standard InChI is InChI=1S/C27H37ClN6O5.CH4/c1-34-23(26(38)32-13-19(30)14-35)12-17-9-15(4-6-20(17)28)16-5-7-24(36)18(10-16)11-21(31)25(37)33-22(27(34)39)3-2-8-29;/h4-7,9-10,19,21-23,35-36H,2-3,8,11-14,29-31H2,1H3,(H,32,38)(H,33,37);1H4/t19-,21-,22-,23-;/m0./s1. The monoisotopic (exact) mass is 576 g/mol. The molecule has 0 saturated heterocycles. The number of phenolic OH excluding ortho intramolecular Hbond substituents is 1. The van der Waals surface area contributed by atoms with Crippen molar-refractivity contribution in [1.82, 2.24) is 15.5 Å². The lowest BCUT2D eigenvalue weighted by atomic mass is 9.95. The fraction of sp³-hybridized carbons (Fsp3) is 0.464. The molecule has 10 N–H and O–H groups in total. The number of nitrogens with zero attached hydrogens (tertiary/aromatic N) is 1. The van der Waals surface area contributed by atoms with Gasteiger partial charge in [-0.25, -0.2) is 0 Å². The molecule has 1 aliphatic heterocycles. The van der Waals surface area contributed by atoms with Gasteiger partial charge in [-0.05, 0) is 65.9 Å². The van der Waals surface area contributed by atoms with E-state index in [1.807, 2.05) is 6.07 Å². The first-order valence-corrected chi connectivity index (χ1v) is 13.2. The summed E-state index contributed by atoms with van der Waals surface area (Å²) < 4.78 is 0. The average molecular weight is 577 g/mol. The van der Waals surface area contributed by atoms with E-state index < -0.39 is 41.9 Å². The van der Waals surface area contributed by atoms with Crippen molar-refractivity contribution in [2.24, 2.45) is 17.2 Å². The lowest BCUT2D eigenvalue weighted by Gasteiger charge is -2.32. The van der Waals surface area contributed by atoms with Gasteiger partial charge in [-0.15, -0.1) is 0 Å². The number of benzene rings is 2. The summed E-state index contributed by atoms with van der Waals surface area (Å²) in [5, 5.41) is 25.5. The lowest BCUT2D eigenvalue weighted by molar-refractivity contribution is -0.142. The molecule has 12 heteroatoms. The minimum absolute atomic E-state index is 0. The third-order valence-electron chi connectivity index (χ3n) is 6.85. The van der Waals surface area contributed by atoms with Crippen LogP contribution in [0.5, 0.6) is 5.75 Å². The molecule has 3 rings (SSSR count). The van der Waals surface area contributed by atoms with Crippen molar-refractivity contribution < 1.29 is 24.6 Å². The van der Waals surface area contributed by atoms with Crippen LogP contribution in [-0.2, 0) is 27.2 Å². The van der Waals surface area contributed by atoms with E-state index in [9.17, 15) is 24.6 Å². The summed E-state index contributed by atoms with van der Waals surface area (Å²) in [6, 6.07) is 6.63. The van der Waals surface area contributed by atoms with Crippen LogP contribution in [0.25, 0.3) is 11.1 Å². The van der Waals surface area contributed by atoms with Crippen LogP contribution in [0.3, 0.4) is 0 Å². The molecule has 220 valence electrons. The number of halogens is 1. The molecule has 2 aromatic carbocycles. The molecular weight excluding hydrogens is 536 g/mol. The Morgan fingerprint density at radius 1 is 1.18 bits per heavy atom. The Balaban J connectivity index is 0.00000560. The Hall–Kier alpha value is -3.22. The molecule has 0 unspecified atom stereocenters. The highest BCUT2D eigenvalue weighted by Crippen LogP contribution is 2.30. The number of aromatic hydroxyl groups is 1. The third kappa shape index (κ3) is 8.15. The molecule has 0 radical (unpaired) electrons. The number of carbonyl (C=O) groups excluding carboxylic acids is 3. The van der Waals surface area contributed by atoms with Gasteiger partial charge in [-0.2, -0.15) is 0 Å². The van der Waals surface area contributed by atoms with Crippen molar-refractivity contribution in [2.75, 3.05) is 26.7 Å². The minimum Gasteiger partial charge on any atom is -0.508 e. The molecule has 3 amide bonds. The zero-order valence-corrected chi connectivity index (χ0v) is 22.7. The largest absolute Gasteiger partial charge is 0.508 e. The Kier molecular flexibility index (Phi) is 12.3. The minimum atomic E-state index is -1.05. The molecule has 11 nitrogen and oxygen atoms in total. The first-order chi connectivity index (χ1) is 18.5. The number of carbonyl (C=O) groups is 3. The summed E-state index contributed by atoms with van der Waals surface area (Å²) in [6.07, 6.45) is 0.782. The molecule has 0 fully saturated rings. The quantitative estimate of drug-likeness (QED) is 0.243. The number of rotatable bonds is 7. The molecule has 1 heterocycles. The fourth-order valence-electron chi connectivity index (χ4n) is 4.45. The van der Waals surface area contributed by atoms with E-state index in [2.05, 4.69) is 10.6 Å². The van der Waals surface area contributed by atoms with Crippen molar-refractivity contribution >= 4 is 29.3 Å². The van der Waals surface area contributed by atoms with Gasteiger partial charge in [-0.1, -0.05) is 31.2 Å². The van der Waals surface area contributed by atoms with Crippen molar-refractivity contribution in [3.05, 3.63) is 52.5 Å². The zero-order valence-electron chi connectivity index (χ0n) is 21.9. The van der Waals surface area contributed by atoms with Gasteiger partial charge in [0.15, 0.2) is 0 Å². The van der Waals surface area contributed by atoms with Crippen LogP contribution in [0.4, 0.5) is 0 Å². The molecule has 0 aliphatic carbocycles. The van der Waals surface area contributed by atoms with Gasteiger partial charge in [0.2, 0.25) is 17.7 Å². The van der Waals surface area contributed by atoms with Crippen molar-refractivity contribution in [3.63, 3.8) is 0 Å². The second-order valence-corrected chi connectivity index (χ2v) is 10.2. The number of likely N-dealkylation sites (N-methyl/N-ethyl adjacent to an activating group) is 1. The molecule has 2 aromatic rings. The predicted molar refractivity (Wildman–Crippen MR) is 156 cm³/mol. The summed E-state index contributed by atoms with van der Waals surface area (Å²) in [4.78, 5) is 41.4. The second-order valence-electron chi connectivity index (χ2n) is 9.81. The van der Waals surface area contributed by atoms with Gasteiger partial charge in [0, 0.05) is 37.5 Å². The van der Waals surface area contributed by atoms with E-state index >= 15 is 0 Å². The van der Waals surface area contributed by atoms with E-state index in [1.165, 1.54) is 18.0 Å². The topological polar surface area (TPSA) is 197 Å². The Morgan fingerprint density at radius 2 is 1.82 bits per heavy atom. The Labute approximate surface area is 240 Å². The molecular formula is C28H41ClN6O5. The fourth-order valence-corrected chi connectivity index (χ4v) is 4.65. The van der Waals surface area contributed by atoms with Crippen LogP contribution in [0.15, 0.2) is 36.4 Å². The van der Waals surface area contributed by atoms with E-state index in [4.69, 9.17) is 28.8 Å². The zero-order chi connectivity index (χ0) is 28.7. The van der Waals surface area contributed by atoms with Crippen molar-refractivity contribution in [1.29, 1.82) is 0 Å². The first-order valence-electron chi connectivity index (χ1n) is 12.8. The highest BCUT2D eigenvalue weighted by Gasteiger charge is 2.33. The first kappa shape index (κ1) is 33.0. The summed E-state index contributed by atoms with van der Waals surface area (Å²) in [5.41, 5.74) is 20.2. The highest BCUT2D eigenvalue weighted by atomic mass is 35.5. The summed E-state index contributed by atoms with van der Waals surface area (Å²) in [5.74, 6) is -1.57. The van der Waals surface area contributed by atoms with Gasteiger partial charge in [0.25, 0.3) is 0 Å². The second kappa shape index (κ2) is 15.0. The average Bonchev–Trinajstić information content (AvgIpc) is 2.93. The predicted octanol–water partition coefficient (Wildman–Crippen LogP) is 0.261. The van der Waals surface area contributed by atoms with Crippen molar-refractivity contribution in [2.45, 2.75) is 57.3 Å². The molecule has 0 aromatic heterocycles. The number of amides is 3. The van der Waals surface area contributed by atoms with Crippen LogP contribution in [0.2, 0.25) is 5.02 Å². The highest BCUT2D eigenvalue weighted by molar-refractivity contribution is 6.31. The molecule has 4 bridgehead atoms. The number of fused-ring (bicyclic) bond motifs is 5. The molecule has 40 heavy (non-hydrogen) atoms. The van der Waals surface area contributed by atoms with Gasteiger partial charge in [0.1, 0.15) is 17.8 Å². The molecule has 1 aliphatic rings. The van der Waals surface area contributed by atoms with Crippen LogP contribution in [-0.4, -0.2) is 83.7 Å². The van der Waals surface area contributed by atoms with Gasteiger partial charge in [0.05, 0.1) is 12.6 Å². The van der Waals surface area contributed by atoms with E-state index in [-0.39, 0.29) is 45.6 Å². The van der Waals surface area contributed by atoms with Crippen LogP contribution in [0.1, 0.15) is 31.4 Å². The van der Waals surface area contributed by atoms with Gasteiger partial charge >= 0.3 is 0 Å². The maximum atomic E-state index is 13.7. The number of phenols is 1.